The Labute approximate surface area is 187 Å². The Kier molecular flexibility index (Phi) is 7.02. The van der Waals surface area contributed by atoms with Gasteiger partial charge in [0, 0.05) is 37.5 Å². The Balaban J connectivity index is 1.37. The number of thiophene rings is 1. The number of nitrogens with one attached hydrogen (secondary N) is 1. The van der Waals surface area contributed by atoms with E-state index in [0.29, 0.717) is 42.7 Å². The molecule has 7 heteroatoms. The van der Waals surface area contributed by atoms with E-state index in [2.05, 4.69) is 5.32 Å². The number of benzene rings is 1. The maximum atomic E-state index is 13.2. The van der Waals surface area contributed by atoms with Crippen molar-refractivity contribution in [1.29, 1.82) is 0 Å². The fourth-order valence-electron chi connectivity index (χ4n) is 4.42. The third-order valence-electron chi connectivity index (χ3n) is 6.24. The Morgan fingerprint density at radius 2 is 1.58 bits per heavy atom. The molecule has 2 aliphatic heterocycles. The van der Waals surface area contributed by atoms with Crippen molar-refractivity contribution in [3.63, 3.8) is 0 Å². The van der Waals surface area contributed by atoms with E-state index in [1.54, 1.807) is 23.6 Å². The molecule has 2 aliphatic rings. The highest BCUT2D eigenvalue weighted by atomic mass is 32.1. The van der Waals surface area contributed by atoms with Gasteiger partial charge in [-0.2, -0.15) is 11.3 Å². The van der Waals surface area contributed by atoms with Crippen molar-refractivity contribution in [2.24, 2.45) is 5.92 Å². The summed E-state index contributed by atoms with van der Waals surface area (Å²) in [6.45, 7) is 2.87. The number of amides is 3. The molecule has 1 aromatic heterocycles. The number of anilines is 1. The van der Waals surface area contributed by atoms with E-state index in [-0.39, 0.29) is 23.6 Å². The van der Waals surface area contributed by atoms with Crippen LogP contribution in [0.4, 0.5) is 5.69 Å². The first kappa shape index (κ1) is 21.6. The first-order valence-electron chi connectivity index (χ1n) is 11.1. The maximum absolute atomic E-state index is 13.2. The smallest absolute Gasteiger partial charge is 0.256 e. The average molecular weight is 440 g/mol. The van der Waals surface area contributed by atoms with Crippen molar-refractivity contribution in [2.45, 2.75) is 38.5 Å². The molecule has 1 aromatic carbocycles. The molecular formula is C24H29N3O3S. The van der Waals surface area contributed by atoms with Gasteiger partial charge in [0.15, 0.2) is 0 Å². The van der Waals surface area contributed by atoms with E-state index in [1.807, 2.05) is 27.3 Å². The molecule has 0 bridgehead atoms. The second-order valence-corrected chi connectivity index (χ2v) is 9.10. The number of carbonyl (C=O) groups excluding carboxylic acids is 3. The third kappa shape index (κ3) is 5.15. The highest BCUT2D eigenvalue weighted by molar-refractivity contribution is 7.08. The molecule has 31 heavy (non-hydrogen) atoms. The Hall–Kier alpha value is -2.67. The summed E-state index contributed by atoms with van der Waals surface area (Å²) >= 11 is 1.46. The van der Waals surface area contributed by atoms with Crippen LogP contribution in [0.2, 0.25) is 0 Å². The Morgan fingerprint density at radius 3 is 2.26 bits per heavy atom. The second kappa shape index (κ2) is 10.1. The Morgan fingerprint density at radius 1 is 0.871 bits per heavy atom. The summed E-state index contributed by atoms with van der Waals surface area (Å²) in [4.78, 5) is 42.4. The predicted molar refractivity (Wildman–Crippen MR) is 122 cm³/mol. The predicted octanol–water partition coefficient (Wildman–Crippen LogP) is 4.26. The number of para-hydroxylation sites is 1. The van der Waals surface area contributed by atoms with Crippen LogP contribution in [0.1, 0.15) is 59.2 Å². The molecule has 0 unspecified atom stereocenters. The normalized spacial score (nSPS) is 17.8. The van der Waals surface area contributed by atoms with E-state index in [9.17, 15) is 14.4 Å². The van der Waals surface area contributed by atoms with Gasteiger partial charge >= 0.3 is 0 Å². The lowest BCUT2D eigenvalue weighted by molar-refractivity contribution is -0.136. The lowest BCUT2D eigenvalue weighted by Crippen LogP contribution is -2.44. The van der Waals surface area contributed by atoms with Gasteiger partial charge < -0.3 is 15.1 Å². The minimum atomic E-state index is -0.219. The molecule has 1 N–H and O–H groups in total. The van der Waals surface area contributed by atoms with Crippen molar-refractivity contribution in [3.05, 3.63) is 52.2 Å². The van der Waals surface area contributed by atoms with Gasteiger partial charge in [-0.3, -0.25) is 14.4 Å². The zero-order valence-corrected chi connectivity index (χ0v) is 18.5. The summed E-state index contributed by atoms with van der Waals surface area (Å²) in [7, 11) is 0. The number of hydrogen-bond acceptors (Lipinski definition) is 4. The molecule has 0 radical (unpaired) electrons. The lowest BCUT2D eigenvalue weighted by atomic mass is 9.94. The SMILES string of the molecule is O=C(Nc1ccccc1C(=O)N1CCC(C(=O)N2CCCCCC2)CC1)c1ccsc1. The number of likely N-dealkylation sites (tertiary alicyclic amines) is 2. The van der Waals surface area contributed by atoms with Crippen molar-refractivity contribution >= 4 is 34.7 Å². The number of piperidine rings is 1. The van der Waals surface area contributed by atoms with Crippen LogP contribution in [-0.4, -0.2) is 53.7 Å². The van der Waals surface area contributed by atoms with Gasteiger partial charge in [-0.1, -0.05) is 25.0 Å². The number of carbonyl (C=O) groups is 3. The summed E-state index contributed by atoms with van der Waals surface area (Å²) < 4.78 is 0. The molecular weight excluding hydrogens is 410 g/mol. The van der Waals surface area contributed by atoms with Gasteiger partial charge in [0.25, 0.3) is 11.8 Å². The highest BCUT2D eigenvalue weighted by Gasteiger charge is 2.31. The van der Waals surface area contributed by atoms with Crippen LogP contribution in [0, 0.1) is 5.92 Å². The van der Waals surface area contributed by atoms with E-state index in [4.69, 9.17) is 0 Å². The first-order chi connectivity index (χ1) is 15.1. The molecule has 3 heterocycles. The first-order valence-corrected chi connectivity index (χ1v) is 12.1. The van der Waals surface area contributed by atoms with Crippen molar-refractivity contribution < 1.29 is 14.4 Å². The molecule has 4 rings (SSSR count). The van der Waals surface area contributed by atoms with Crippen molar-refractivity contribution in [2.75, 3.05) is 31.5 Å². The van der Waals surface area contributed by atoms with Gasteiger partial charge in [0.05, 0.1) is 16.8 Å². The van der Waals surface area contributed by atoms with Gasteiger partial charge in [-0.25, -0.2) is 0 Å². The molecule has 6 nitrogen and oxygen atoms in total. The Bertz CT molecular complexity index is 912. The van der Waals surface area contributed by atoms with Crippen LogP contribution >= 0.6 is 11.3 Å². The summed E-state index contributed by atoms with van der Waals surface area (Å²) in [5.41, 5.74) is 1.59. The van der Waals surface area contributed by atoms with Gasteiger partial charge in [0.2, 0.25) is 5.91 Å². The highest BCUT2D eigenvalue weighted by Crippen LogP contribution is 2.25. The number of hydrogen-bond donors (Lipinski definition) is 1. The van der Waals surface area contributed by atoms with E-state index < -0.39 is 0 Å². The van der Waals surface area contributed by atoms with Crippen LogP contribution in [0.3, 0.4) is 0 Å². The minimum Gasteiger partial charge on any atom is -0.342 e. The summed E-state index contributed by atoms with van der Waals surface area (Å²) in [5.74, 6) is -0.0433. The summed E-state index contributed by atoms with van der Waals surface area (Å²) in [5, 5.41) is 6.50. The zero-order valence-electron chi connectivity index (χ0n) is 17.7. The van der Waals surface area contributed by atoms with Gasteiger partial charge in [0.1, 0.15) is 0 Å². The molecule has 0 saturated carbocycles. The summed E-state index contributed by atoms with van der Waals surface area (Å²) in [6.07, 6.45) is 6.00. The molecule has 164 valence electrons. The minimum absolute atomic E-state index is 0.00990. The number of nitrogens with zero attached hydrogens (tertiary/aromatic N) is 2. The molecule has 3 amide bonds. The molecule has 2 fully saturated rings. The average Bonchev–Trinajstić information content (AvgIpc) is 3.22. The largest absolute Gasteiger partial charge is 0.342 e. The topological polar surface area (TPSA) is 69.7 Å². The van der Waals surface area contributed by atoms with Crippen LogP contribution in [0.15, 0.2) is 41.1 Å². The fraction of sp³-hybridized carbons (Fsp3) is 0.458. The third-order valence-corrected chi connectivity index (χ3v) is 6.92. The molecule has 0 atom stereocenters. The van der Waals surface area contributed by atoms with E-state index in [1.165, 1.54) is 24.2 Å². The van der Waals surface area contributed by atoms with Crippen LogP contribution < -0.4 is 5.32 Å². The standard InChI is InChI=1S/C24H29N3O3S/c28-22(19-11-16-31-17-19)25-21-8-4-3-7-20(21)24(30)27-14-9-18(10-15-27)23(29)26-12-5-1-2-6-13-26/h3-4,7-8,11,16-18H,1-2,5-6,9-10,12-15H2,(H,25,28). The van der Waals surface area contributed by atoms with Crippen molar-refractivity contribution in [1.82, 2.24) is 9.80 Å². The van der Waals surface area contributed by atoms with Gasteiger partial charge in [-0.05, 0) is 49.3 Å². The molecule has 0 spiro atoms. The summed E-state index contributed by atoms with van der Waals surface area (Å²) in [6, 6.07) is 8.89. The monoisotopic (exact) mass is 439 g/mol. The van der Waals surface area contributed by atoms with E-state index >= 15 is 0 Å². The maximum Gasteiger partial charge on any atom is 0.256 e. The fourth-order valence-corrected chi connectivity index (χ4v) is 5.05. The second-order valence-electron chi connectivity index (χ2n) is 8.32. The van der Waals surface area contributed by atoms with Crippen LogP contribution in [0.5, 0.6) is 0 Å². The molecule has 0 aliphatic carbocycles. The van der Waals surface area contributed by atoms with Gasteiger partial charge in [-0.15, -0.1) is 0 Å². The van der Waals surface area contributed by atoms with Crippen molar-refractivity contribution in [3.8, 4) is 0 Å². The van der Waals surface area contributed by atoms with E-state index in [0.717, 1.165) is 25.9 Å². The van der Waals surface area contributed by atoms with Crippen LogP contribution in [-0.2, 0) is 4.79 Å². The molecule has 2 saturated heterocycles. The number of rotatable bonds is 4. The lowest BCUT2D eigenvalue weighted by Gasteiger charge is -2.34. The zero-order chi connectivity index (χ0) is 21.6. The quantitative estimate of drug-likeness (QED) is 0.774. The molecule has 2 aromatic rings. The van der Waals surface area contributed by atoms with Crippen LogP contribution in [0.25, 0.3) is 0 Å².